The maximum absolute atomic E-state index is 11.7. The molecule has 0 unspecified atom stereocenters. The summed E-state index contributed by atoms with van der Waals surface area (Å²) >= 11 is 0. The zero-order chi connectivity index (χ0) is 16.8. The topological polar surface area (TPSA) is 72.5 Å². The molecule has 0 bridgehead atoms. The number of hydrogen-bond acceptors (Lipinski definition) is 7. The van der Waals surface area contributed by atoms with Crippen LogP contribution in [0.3, 0.4) is 0 Å². The van der Waals surface area contributed by atoms with E-state index in [4.69, 9.17) is 28.4 Å². The van der Waals surface area contributed by atoms with E-state index < -0.39 is 29.8 Å². The van der Waals surface area contributed by atoms with Crippen LogP contribution < -0.4 is 0 Å². The van der Waals surface area contributed by atoms with E-state index in [1.54, 1.807) is 6.92 Å². The third kappa shape index (κ3) is 3.38. The lowest BCUT2D eigenvalue weighted by Gasteiger charge is -2.26. The minimum absolute atomic E-state index is 0.289. The third-order valence-electron chi connectivity index (χ3n) is 3.95. The first-order valence-corrected chi connectivity index (χ1v) is 7.93. The summed E-state index contributed by atoms with van der Waals surface area (Å²) in [5.41, 5.74) is 0. The summed E-state index contributed by atoms with van der Waals surface area (Å²) < 4.78 is 34.2. The first-order valence-electron chi connectivity index (χ1n) is 7.93. The van der Waals surface area contributed by atoms with Crippen LogP contribution >= 0.6 is 0 Å². The summed E-state index contributed by atoms with van der Waals surface area (Å²) in [5, 5.41) is 0. The minimum atomic E-state index is -0.750. The molecule has 3 saturated heterocycles. The quantitative estimate of drug-likeness (QED) is 0.574. The maximum Gasteiger partial charge on any atom is 0.334 e. The fraction of sp³-hybridized carbons (Fsp3) is 0.812. The fourth-order valence-corrected chi connectivity index (χ4v) is 3.12. The van der Waals surface area contributed by atoms with E-state index in [9.17, 15) is 4.79 Å². The van der Waals surface area contributed by atoms with Crippen LogP contribution in [0.2, 0.25) is 0 Å². The molecule has 0 aromatic heterocycles. The molecule has 7 nitrogen and oxygen atoms in total. The van der Waals surface area contributed by atoms with Crippen molar-refractivity contribution in [3.8, 4) is 0 Å². The molecular weight excluding hydrogens is 304 g/mol. The zero-order valence-corrected chi connectivity index (χ0v) is 14.2. The molecule has 0 radical (unpaired) electrons. The predicted octanol–water partition coefficient (Wildman–Crippen LogP) is 1.50. The third-order valence-corrected chi connectivity index (χ3v) is 3.95. The molecule has 3 aliphatic heterocycles. The number of ether oxygens (including phenoxy) is 6. The molecule has 130 valence electrons. The molecule has 0 aromatic carbocycles. The molecule has 7 heteroatoms. The van der Waals surface area contributed by atoms with Crippen molar-refractivity contribution in [2.24, 2.45) is 0 Å². The minimum Gasteiger partial charge on any atom is -0.486 e. The van der Waals surface area contributed by atoms with Gasteiger partial charge in [0.05, 0.1) is 19.3 Å². The molecule has 3 fully saturated rings. The number of esters is 1. The van der Waals surface area contributed by atoms with Gasteiger partial charge in [-0.05, 0) is 34.6 Å². The van der Waals surface area contributed by atoms with Crippen LogP contribution in [0.5, 0.6) is 0 Å². The molecule has 3 aliphatic rings. The highest BCUT2D eigenvalue weighted by Crippen LogP contribution is 2.43. The van der Waals surface area contributed by atoms with Crippen molar-refractivity contribution < 1.29 is 33.2 Å². The van der Waals surface area contributed by atoms with Crippen LogP contribution in [0.4, 0.5) is 0 Å². The van der Waals surface area contributed by atoms with Gasteiger partial charge in [-0.1, -0.05) is 0 Å². The lowest BCUT2D eigenvalue weighted by molar-refractivity contribution is -0.187. The van der Waals surface area contributed by atoms with Crippen LogP contribution in [-0.4, -0.2) is 55.2 Å². The molecule has 0 amide bonds. The van der Waals surface area contributed by atoms with Gasteiger partial charge in [-0.2, -0.15) is 0 Å². The second-order valence-electron chi connectivity index (χ2n) is 6.77. The van der Waals surface area contributed by atoms with E-state index in [0.29, 0.717) is 19.0 Å². The van der Waals surface area contributed by atoms with Crippen LogP contribution in [0.15, 0.2) is 11.8 Å². The Balaban J connectivity index is 1.81. The van der Waals surface area contributed by atoms with Gasteiger partial charge < -0.3 is 28.4 Å². The largest absolute Gasteiger partial charge is 0.486 e. The van der Waals surface area contributed by atoms with Crippen LogP contribution in [-0.2, 0) is 33.2 Å². The highest BCUT2D eigenvalue weighted by molar-refractivity contribution is 5.82. The van der Waals surface area contributed by atoms with Crippen LogP contribution in [0.1, 0.15) is 34.6 Å². The smallest absolute Gasteiger partial charge is 0.334 e. The summed E-state index contributed by atoms with van der Waals surface area (Å²) in [6.07, 6.45) is -0.167. The monoisotopic (exact) mass is 328 g/mol. The van der Waals surface area contributed by atoms with Gasteiger partial charge in [0.15, 0.2) is 17.7 Å². The Bertz CT molecular complexity index is 511. The summed E-state index contributed by atoms with van der Waals surface area (Å²) in [6, 6.07) is 0. The molecule has 0 aliphatic carbocycles. The SMILES string of the molecule is CCOC(=O)/C=C1/O[C@H]([C@H]2COC(C)(C)O2)[C@H]2OC(C)(C)O[C@@H]12. The van der Waals surface area contributed by atoms with Gasteiger partial charge >= 0.3 is 5.97 Å². The van der Waals surface area contributed by atoms with Gasteiger partial charge in [0.25, 0.3) is 0 Å². The van der Waals surface area contributed by atoms with Gasteiger partial charge in [-0.3, -0.25) is 0 Å². The fourth-order valence-electron chi connectivity index (χ4n) is 3.12. The molecule has 0 spiro atoms. The van der Waals surface area contributed by atoms with E-state index in [1.165, 1.54) is 6.08 Å². The van der Waals surface area contributed by atoms with Gasteiger partial charge in [0.2, 0.25) is 0 Å². The van der Waals surface area contributed by atoms with Gasteiger partial charge in [0, 0.05) is 0 Å². The van der Waals surface area contributed by atoms with E-state index in [0.717, 1.165) is 0 Å². The summed E-state index contributed by atoms with van der Waals surface area (Å²) in [4.78, 5) is 11.7. The van der Waals surface area contributed by atoms with Crippen molar-refractivity contribution >= 4 is 5.97 Å². The van der Waals surface area contributed by atoms with E-state index in [-0.39, 0.29) is 12.2 Å². The summed E-state index contributed by atoms with van der Waals surface area (Å²) in [5.74, 6) is -1.46. The number of carbonyl (C=O) groups is 1. The van der Waals surface area contributed by atoms with E-state index in [2.05, 4.69) is 0 Å². The average Bonchev–Trinajstić information content (AvgIpc) is 3.02. The Morgan fingerprint density at radius 2 is 1.91 bits per heavy atom. The molecule has 23 heavy (non-hydrogen) atoms. The Morgan fingerprint density at radius 3 is 2.52 bits per heavy atom. The highest BCUT2D eigenvalue weighted by atomic mass is 16.8. The normalized spacial score (nSPS) is 39.3. The highest BCUT2D eigenvalue weighted by Gasteiger charge is 2.57. The molecule has 3 rings (SSSR count). The molecule has 3 heterocycles. The Morgan fingerprint density at radius 1 is 1.17 bits per heavy atom. The molecule has 0 saturated carbocycles. The number of carbonyl (C=O) groups excluding carboxylic acids is 1. The molecule has 0 aromatic rings. The predicted molar refractivity (Wildman–Crippen MR) is 78.3 cm³/mol. The van der Waals surface area contributed by atoms with Crippen molar-refractivity contribution in [3.05, 3.63) is 11.8 Å². The molecule has 0 N–H and O–H groups in total. The Labute approximate surface area is 135 Å². The van der Waals surface area contributed by atoms with E-state index >= 15 is 0 Å². The van der Waals surface area contributed by atoms with Crippen LogP contribution in [0.25, 0.3) is 0 Å². The van der Waals surface area contributed by atoms with Crippen molar-refractivity contribution in [1.29, 1.82) is 0 Å². The van der Waals surface area contributed by atoms with Crippen molar-refractivity contribution in [2.45, 2.75) is 70.6 Å². The summed E-state index contributed by atoms with van der Waals surface area (Å²) in [7, 11) is 0. The summed E-state index contributed by atoms with van der Waals surface area (Å²) in [6.45, 7) is 9.83. The maximum atomic E-state index is 11.7. The van der Waals surface area contributed by atoms with Gasteiger partial charge in [0.1, 0.15) is 24.1 Å². The molecule has 4 atom stereocenters. The first kappa shape index (κ1) is 16.7. The number of fused-ring (bicyclic) bond motifs is 1. The average molecular weight is 328 g/mol. The number of hydrogen-bond donors (Lipinski definition) is 0. The second kappa shape index (κ2) is 5.73. The van der Waals surface area contributed by atoms with E-state index in [1.807, 2.05) is 27.7 Å². The standard InChI is InChI=1S/C16H24O7/c1-6-18-11(17)7-9-13-14(23-16(4,5)22-13)12(20-9)10-8-19-15(2,3)21-10/h7,10,12-14H,6,8H2,1-5H3/b9-7+/t10-,12-,13+,14-/m1/s1. The van der Waals surface area contributed by atoms with Gasteiger partial charge in [-0.15, -0.1) is 0 Å². The number of rotatable bonds is 3. The molecular formula is C16H24O7. The lowest BCUT2D eigenvalue weighted by atomic mass is 10.1. The zero-order valence-electron chi connectivity index (χ0n) is 14.2. The lowest BCUT2D eigenvalue weighted by Crippen LogP contribution is -2.40. The van der Waals surface area contributed by atoms with Crippen molar-refractivity contribution in [2.75, 3.05) is 13.2 Å². The Kier molecular flexibility index (Phi) is 4.16. The van der Waals surface area contributed by atoms with Crippen molar-refractivity contribution in [3.63, 3.8) is 0 Å². The Hall–Kier alpha value is -1.15. The van der Waals surface area contributed by atoms with Gasteiger partial charge in [-0.25, -0.2) is 4.79 Å². The van der Waals surface area contributed by atoms with Crippen LogP contribution in [0, 0.1) is 0 Å². The van der Waals surface area contributed by atoms with Crippen molar-refractivity contribution in [1.82, 2.24) is 0 Å². The first-order chi connectivity index (χ1) is 10.7. The second-order valence-corrected chi connectivity index (χ2v) is 6.77.